The third-order valence-corrected chi connectivity index (χ3v) is 2.68. The molecule has 0 fully saturated rings. The highest BCUT2D eigenvalue weighted by Crippen LogP contribution is 2.04. The molecule has 1 amide bonds. The highest BCUT2D eigenvalue weighted by molar-refractivity contribution is 5.82. The highest BCUT2D eigenvalue weighted by atomic mass is 16.3. The van der Waals surface area contributed by atoms with Crippen LogP contribution >= 0.6 is 0 Å². The Morgan fingerprint density at radius 2 is 2.06 bits per heavy atom. The Kier molecular flexibility index (Phi) is 5.66. The average Bonchev–Trinajstić information content (AvgIpc) is 2.36. The summed E-state index contributed by atoms with van der Waals surface area (Å²) < 4.78 is 0. The molecule has 17 heavy (non-hydrogen) atoms. The number of hydrogen-bond acceptors (Lipinski definition) is 3. The third kappa shape index (κ3) is 4.17. The van der Waals surface area contributed by atoms with Crippen molar-refractivity contribution in [1.29, 1.82) is 0 Å². The maximum absolute atomic E-state index is 12.0. The highest BCUT2D eigenvalue weighted by Gasteiger charge is 2.19. The number of likely N-dealkylation sites (N-methyl/N-ethyl adjacent to an activating group) is 1. The van der Waals surface area contributed by atoms with Crippen LogP contribution in [-0.2, 0) is 11.2 Å². The predicted octanol–water partition coefficient (Wildman–Crippen LogP) is 0.397. The summed E-state index contributed by atoms with van der Waals surface area (Å²) in [4.78, 5) is 13.5. The fourth-order valence-corrected chi connectivity index (χ4v) is 1.73. The van der Waals surface area contributed by atoms with Crippen molar-refractivity contribution in [3.8, 4) is 0 Å². The number of carbonyl (C=O) groups excluding carboxylic acids is 1. The van der Waals surface area contributed by atoms with E-state index in [1.807, 2.05) is 37.3 Å². The molecule has 0 radical (unpaired) electrons. The van der Waals surface area contributed by atoms with E-state index in [2.05, 4.69) is 0 Å². The van der Waals surface area contributed by atoms with Gasteiger partial charge in [-0.25, -0.2) is 0 Å². The number of nitrogens with zero attached hydrogens (tertiary/aromatic N) is 1. The van der Waals surface area contributed by atoms with Gasteiger partial charge in [-0.05, 0) is 18.9 Å². The molecule has 1 aromatic rings. The Morgan fingerprint density at radius 1 is 1.41 bits per heavy atom. The van der Waals surface area contributed by atoms with Crippen LogP contribution in [0.15, 0.2) is 30.3 Å². The Balaban J connectivity index is 2.57. The van der Waals surface area contributed by atoms with Gasteiger partial charge in [0.1, 0.15) is 0 Å². The van der Waals surface area contributed by atoms with Gasteiger partial charge in [0.15, 0.2) is 0 Å². The first-order valence-electron chi connectivity index (χ1n) is 5.88. The minimum Gasteiger partial charge on any atom is -0.395 e. The van der Waals surface area contributed by atoms with Crippen molar-refractivity contribution in [2.75, 3.05) is 19.7 Å². The molecule has 0 saturated heterocycles. The largest absolute Gasteiger partial charge is 0.395 e. The van der Waals surface area contributed by atoms with E-state index < -0.39 is 6.04 Å². The monoisotopic (exact) mass is 236 g/mol. The molecule has 0 aliphatic rings. The fourth-order valence-electron chi connectivity index (χ4n) is 1.73. The fraction of sp³-hybridized carbons (Fsp3) is 0.462. The van der Waals surface area contributed by atoms with Gasteiger partial charge >= 0.3 is 0 Å². The zero-order valence-corrected chi connectivity index (χ0v) is 10.2. The molecule has 0 aliphatic carbocycles. The molecular formula is C13H20N2O2. The topological polar surface area (TPSA) is 66.6 Å². The van der Waals surface area contributed by atoms with Gasteiger partial charge in [0.25, 0.3) is 0 Å². The second-order valence-corrected chi connectivity index (χ2v) is 3.94. The lowest BCUT2D eigenvalue weighted by atomic mass is 10.1. The molecule has 94 valence electrons. The SMILES string of the molecule is CCN(CCO)C(=O)[C@H](N)Cc1ccccc1. The van der Waals surface area contributed by atoms with Gasteiger partial charge in [0.05, 0.1) is 12.6 Å². The number of hydrogen-bond donors (Lipinski definition) is 2. The second kappa shape index (κ2) is 7.04. The summed E-state index contributed by atoms with van der Waals surface area (Å²) >= 11 is 0. The minimum absolute atomic E-state index is 0.0301. The van der Waals surface area contributed by atoms with Gasteiger partial charge in [-0.3, -0.25) is 4.79 Å². The molecular weight excluding hydrogens is 216 g/mol. The number of benzene rings is 1. The minimum atomic E-state index is -0.538. The first kappa shape index (κ1) is 13.7. The van der Waals surface area contributed by atoms with Crippen LogP contribution in [0, 0.1) is 0 Å². The molecule has 0 aromatic heterocycles. The average molecular weight is 236 g/mol. The van der Waals surface area contributed by atoms with Gasteiger partial charge in [0, 0.05) is 13.1 Å². The van der Waals surface area contributed by atoms with Crippen LogP contribution in [0.2, 0.25) is 0 Å². The van der Waals surface area contributed by atoms with E-state index >= 15 is 0 Å². The van der Waals surface area contributed by atoms with Gasteiger partial charge < -0.3 is 15.7 Å². The van der Waals surface area contributed by atoms with Crippen molar-refractivity contribution in [3.63, 3.8) is 0 Å². The Labute approximate surface area is 102 Å². The van der Waals surface area contributed by atoms with Crippen LogP contribution in [0.25, 0.3) is 0 Å². The number of rotatable bonds is 6. The van der Waals surface area contributed by atoms with E-state index in [-0.39, 0.29) is 12.5 Å². The standard InChI is InChI=1S/C13H20N2O2/c1-2-15(8-9-16)13(17)12(14)10-11-6-4-3-5-7-11/h3-7,12,16H,2,8-10,14H2,1H3/t12-/m1/s1. The molecule has 0 heterocycles. The van der Waals surface area contributed by atoms with Gasteiger partial charge in [0.2, 0.25) is 5.91 Å². The molecule has 3 N–H and O–H groups in total. The summed E-state index contributed by atoms with van der Waals surface area (Å²) in [6.45, 7) is 2.76. The molecule has 1 atom stereocenters. The lowest BCUT2D eigenvalue weighted by Crippen LogP contribution is -2.45. The summed E-state index contributed by atoms with van der Waals surface area (Å²) in [5.41, 5.74) is 6.93. The second-order valence-electron chi connectivity index (χ2n) is 3.94. The quantitative estimate of drug-likeness (QED) is 0.751. The van der Waals surface area contributed by atoms with Crippen molar-refractivity contribution in [2.45, 2.75) is 19.4 Å². The molecule has 0 spiro atoms. The van der Waals surface area contributed by atoms with Crippen molar-refractivity contribution in [3.05, 3.63) is 35.9 Å². The molecule has 4 heteroatoms. The zero-order valence-electron chi connectivity index (χ0n) is 10.2. The lowest BCUT2D eigenvalue weighted by Gasteiger charge is -2.23. The Bertz CT molecular complexity index is 341. The molecule has 0 aliphatic heterocycles. The third-order valence-electron chi connectivity index (χ3n) is 2.68. The van der Waals surface area contributed by atoms with E-state index in [1.54, 1.807) is 4.90 Å². The summed E-state index contributed by atoms with van der Waals surface area (Å²) in [6.07, 6.45) is 0.529. The van der Waals surface area contributed by atoms with Crippen LogP contribution in [0.5, 0.6) is 0 Å². The van der Waals surface area contributed by atoms with Crippen LogP contribution < -0.4 is 5.73 Å². The van der Waals surface area contributed by atoms with E-state index in [4.69, 9.17) is 10.8 Å². The number of aliphatic hydroxyl groups excluding tert-OH is 1. The normalized spacial score (nSPS) is 12.2. The summed E-state index contributed by atoms with van der Waals surface area (Å²) in [5.74, 6) is -0.106. The van der Waals surface area contributed by atoms with Gasteiger partial charge in [-0.2, -0.15) is 0 Å². The lowest BCUT2D eigenvalue weighted by molar-refractivity contribution is -0.132. The first-order valence-corrected chi connectivity index (χ1v) is 5.88. The van der Waals surface area contributed by atoms with Crippen LogP contribution in [0.1, 0.15) is 12.5 Å². The Morgan fingerprint density at radius 3 is 2.59 bits per heavy atom. The molecule has 0 bridgehead atoms. The smallest absolute Gasteiger partial charge is 0.239 e. The molecule has 1 rings (SSSR count). The Hall–Kier alpha value is -1.39. The van der Waals surface area contributed by atoms with E-state index in [9.17, 15) is 4.79 Å². The number of nitrogens with two attached hydrogens (primary N) is 1. The first-order chi connectivity index (χ1) is 8.19. The predicted molar refractivity (Wildman–Crippen MR) is 67.5 cm³/mol. The van der Waals surface area contributed by atoms with Crippen LogP contribution in [0.4, 0.5) is 0 Å². The molecule has 0 saturated carbocycles. The van der Waals surface area contributed by atoms with E-state index in [0.717, 1.165) is 5.56 Å². The van der Waals surface area contributed by atoms with Crippen molar-refractivity contribution >= 4 is 5.91 Å². The maximum Gasteiger partial charge on any atom is 0.239 e. The summed E-state index contributed by atoms with van der Waals surface area (Å²) in [7, 11) is 0. The van der Waals surface area contributed by atoms with Crippen LogP contribution in [0.3, 0.4) is 0 Å². The maximum atomic E-state index is 12.0. The zero-order chi connectivity index (χ0) is 12.7. The number of carbonyl (C=O) groups is 1. The summed E-state index contributed by atoms with van der Waals surface area (Å²) in [6, 6.07) is 9.16. The van der Waals surface area contributed by atoms with Crippen LogP contribution in [-0.4, -0.2) is 41.7 Å². The van der Waals surface area contributed by atoms with Crippen molar-refractivity contribution in [1.82, 2.24) is 4.90 Å². The van der Waals surface area contributed by atoms with E-state index in [0.29, 0.717) is 19.5 Å². The van der Waals surface area contributed by atoms with Crippen molar-refractivity contribution < 1.29 is 9.90 Å². The molecule has 1 aromatic carbocycles. The summed E-state index contributed by atoms with van der Waals surface area (Å²) in [5, 5.41) is 8.85. The molecule has 0 unspecified atom stereocenters. The molecule has 4 nitrogen and oxygen atoms in total. The van der Waals surface area contributed by atoms with Crippen molar-refractivity contribution in [2.24, 2.45) is 5.73 Å². The van der Waals surface area contributed by atoms with Gasteiger partial charge in [-0.15, -0.1) is 0 Å². The number of amides is 1. The number of aliphatic hydroxyl groups is 1. The van der Waals surface area contributed by atoms with E-state index in [1.165, 1.54) is 0 Å². The van der Waals surface area contributed by atoms with Gasteiger partial charge in [-0.1, -0.05) is 30.3 Å².